The normalized spacial score (nSPS) is 12.8. The van der Waals surface area contributed by atoms with Gasteiger partial charge < -0.3 is 14.7 Å². The summed E-state index contributed by atoms with van der Waals surface area (Å²) >= 11 is 0. The number of rotatable bonds is 12. The minimum atomic E-state index is -4.71. The van der Waals surface area contributed by atoms with E-state index in [1.54, 1.807) is 29.0 Å². The summed E-state index contributed by atoms with van der Waals surface area (Å²) < 4.78 is 78.0. The molecule has 238 valence electrons. The van der Waals surface area contributed by atoms with E-state index in [2.05, 4.69) is 15.1 Å². The van der Waals surface area contributed by atoms with Crippen molar-refractivity contribution in [2.45, 2.75) is 44.6 Å². The molecule has 0 spiro atoms. The molecule has 1 N–H and O–H groups in total. The van der Waals surface area contributed by atoms with Crippen LogP contribution in [0.15, 0.2) is 64.8 Å². The van der Waals surface area contributed by atoms with Gasteiger partial charge >= 0.3 is 18.2 Å². The quantitative estimate of drug-likeness (QED) is 0.0750. The molecule has 3 aromatic rings. The fourth-order valence-electron chi connectivity index (χ4n) is 3.58. The van der Waals surface area contributed by atoms with Crippen LogP contribution in [0.25, 0.3) is 16.9 Å². The second-order valence-corrected chi connectivity index (χ2v) is 11.0. The molecule has 1 aromatic heterocycles. The van der Waals surface area contributed by atoms with Crippen molar-refractivity contribution in [1.82, 2.24) is 19.5 Å². The van der Waals surface area contributed by atoms with Gasteiger partial charge in [0.05, 0.1) is 41.4 Å². The molecular weight excluding hydrogens is 613 g/mol. The van der Waals surface area contributed by atoms with Crippen LogP contribution in [0.3, 0.4) is 0 Å². The van der Waals surface area contributed by atoms with Crippen LogP contribution in [-0.2, 0) is 35.3 Å². The molecule has 2 aromatic carbocycles. The summed E-state index contributed by atoms with van der Waals surface area (Å²) in [4.78, 5) is 27.3. The average molecular weight is 643 g/mol. The minimum Gasteiger partial charge on any atom is -0.569 e. The first-order chi connectivity index (χ1) is 20.6. The maximum absolute atomic E-state index is 13.4. The molecule has 3 rings (SSSR count). The van der Waals surface area contributed by atoms with Crippen molar-refractivity contribution >= 4 is 22.1 Å². The Labute approximate surface area is 250 Å². The van der Waals surface area contributed by atoms with Crippen molar-refractivity contribution in [2.75, 3.05) is 20.2 Å². The van der Waals surface area contributed by atoms with Gasteiger partial charge in [0.1, 0.15) is 0 Å². The van der Waals surface area contributed by atoms with Crippen LogP contribution in [-0.4, -0.2) is 66.7 Å². The fourth-order valence-corrected chi connectivity index (χ4v) is 4.47. The van der Waals surface area contributed by atoms with Crippen molar-refractivity contribution in [3.63, 3.8) is 0 Å². The number of alkyl halides is 3. The van der Waals surface area contributed by atoms with Gasteiger partial charge in [0.15, 0.2) is 5.69 Å². The molecule has 0 bridgehead atoms. The number of amides is 1. The monoisotopic (exact) mass is 642 g/mol. The molecule has 1 amide bonds. The average Bonchev–Trinajstić information content (AvgIpc) is 3.40. The minimum absolute atomic E-state index is 0.0217. The number of esters is 1. The smallest absolute Gasteiger partial charge is 0.435 e. The maximum Gasteiger partial charge on any atom is 0.435 e. The van der Waals surface area contributed by atoms with Crippen molar-refractivity contribution < 1.29 is 50.5 Å². The Morgan fingerprint density at radius 3 is 2.39 bits per heavy atom. The summed E-state index contributed by atoms with van der Waals surface area (Å²) in [5, 5.41) is 19.8. The van der Waals surface area contributed by atoms with Gasteiger partial charge in [-0.15, -0.1) is 5.01 Å². The van der Waals surface area contributed by atoms with Crippen molar-refractivity contribution in [3.8, 4) is 16.9 Å². The van der Waals surface area contributed by atoms with Gasteiger partial charge in [-0.3, -0.25) is 9.63 Å². The van der Waals surface area contributed by atoms with Crippen LogP contribution in [0.1, 0.15) is 31.5 Å². The van der Waals surface area contributed by atoms with Crippen LogP contribution >= 0.6 is 0 Å². The highest BCUT2D eigenvalue weighted by molar-refractivity contribution is 7.90. The Bertz CT molecular complexity index is 1590. The van der Waals surface area contributed by atoms with Gasteiger partial charge in [0.25, 0.3) is 16.3 Å². The van der Waals surface area contributed by atoms with Crippen LogP contribution in [0.2, 0.25) is 0 Å². The molecule has 0 aliphatic carbocycles. The number of carbonyl (C=O) groups excluding carboxylic acids is 2. The van der Waals surface area contributed by atoms with E-state index >= 15 is 0 Å². The highest BCUT2D eigenvalue weighted by atomic mass is 32.2. The number of halogens is 3. The van der Waals surface area contributed by atoms with E-state index < -0.39 is 40.2 Å². The fraction of sp³-hybridized carbons (Fsp3) is 0.346. The van der Waals surface area contributed by atoms with Crippen LogP contribution in [0.4, 0.5) is 18.0 Å². The number of aryl methyl sites for hydroxylation is 1. The van der Waals surface area contributed by atoms with E-state index in [0.29, 0.717) is 5.56 Å². The molecule has 44 heavy (non-hydrogen) atoms. The SMILES string of the molecule is CC(=O)OC(C)O/N=[N+](\[O-])N(C)CCCOC(=O)NS(=O)(=O)c1ccc(-n2nc(C(F)(F)F)cc2-c2ccc(C)cc2)cc1. The summed E-state index contributed by atoms with van der Waals surface area (Å²) in [5.41, 5.74) is 0.527. The van der Waals surface area contributed by atoms with Gasteiger partial charge in [0.2, 0.25) is 5.28 Å². The molecule has 1 atom stereocenters. The van der Waals surface area contributed by atoms with Gasteiger partial charge in [-0.05, 0) is 37.3 Å². The molecule has 0 fully saturated rings. The lowest BCUT2D eigenvalue weighted by Crippen LogP contribution is -2.32. The molecule has 0 saturated carbocycles. The third-order valence-corrected chi connectivity index (χ3v) is 7.03. The van der Waals surface area contributed by atoms with Gasteiger partial charge in [-0.2, -0.15) is 18.3 Å². The molecule has 0 radical (unpaired) electrons. The van der Waals surface area contributed by atoms with Crippen molar-refractivity contribution in [3.05, 3.63) is 71.1 Å². The molecule has 1 unspecified atom stereocenters. The van der Waals surface area contributed by atoms with Crippen LogP contribution < -0.4 is 4.72 Å². The van der Waals surface area contributed by atoms with E-state index in [1.807, 2.05) is 6.92 Å². The Morgan fingerprint density at radius 1 is 1.16 bits per heavy atom. The molecule has 0 saturated heterocycles. The largest absolute Gasteiger partial charge is 0.569 e. The predicted molar refractivity (Wildman–Crippen MR) is 146 cm³/mol. The Balaban J connectivity index is 1.60. The molecular formula is C26H29F3N6O8S. The molecule has 14 nitrogen and oxygen atoms in total. The van der Waals surface area contributed by atoms with Gasteiger partial charge in [-0.25, -0.2) is 22.6 Å². The maximum atomic E-state index is 13.4. The first kappa shape index (κ1) is 33.6. The molecule has 0 aliphatic rings. The third kappa shape index (κ3) is 9.32. The third-order valence-electron chi connectivity index (χ3n) is 5.71. The lowest BCUT2D eigenvalue weighted by atomic mass is 10.1. The zero-order valence-corrected chi connectivity index (χ0v) is 24.8. The van der Waals surface area contributed by atoms with Gasteiger partial charge in [0, 0.05) is 25.8 Å². The van der Waals surface area contributed by atoms with Gasteiger partial charge in [-0.1, -0.05) is 29.8 Å². The number of hydrogen-bond acceptors (Lipinski definition) is 10. The highest BCUT2D eigenvalue weighted by Gasteiger charge is 2.35. The lowest BCUT2D eigenvalue weighted by Gasteiger charge is -2.14. The topological polar surface area (TPSA) is 167 Å². The van der Waals surface area contributed by atoms with E-state index in [0.717, 1.165) is 40.4 Å². The number of benzene rings is 2. The second kappa shape index (κ2) is 14.1. The molecule has 0 aliphatic heterocycles. The number of carbonyl (C=O) groups is 2. The van der Waals surface area contributed by atoms with Crippen LogP contribution in [0, 0.1) is 12.1 Å². The van der Waals surface area contributed by atoms with E-state index in [1.165, 1.54) is 26.1 Å². The Morgan fingerprint density at radius 2 is 1.80 bits per heavy atom. The summed E-state index contributed by atoms with van der Waals surface area (Å²) in [7, 11) is -3.06. The number of nitrogens with one attached hydrogen (secondary N) is 1. The zero-order valence-electron chi connectivity index (χ0n) is 23.9. The van der Waals surface area contributed by atoms with E-state index in [-0.39, 0.29) is 40.8 Å². The first-order valence-corrected chi connectivity index (χ1v) is 14.3. The number of hydrazine groups is 1. The first-order valence-electron chi connectivity index (χ1n) is 12.8. The van der Waals surface area contributed by atoms with Crippen LogP contribution in [0.5, 0.6) is 0 Å². The molecule has 18 heteroatoms. The van der Waals surface area contributed by atoms with Crippen molar-refractivity contribution in [1.29, 1.82) is 0 Å². The number of nitrogens with zero attached hydrogens (tertiary/aromatic N) is 5. The number of sulfonamides is 1. The molecule has 1 heterocycles. The highest BCUT2D eigenvalue weighted by Crippen LogP contribution is 2.33. The summed E-state index contributed by atoms with van der Waals surface area (Å²) in [6.07, 6.45) is -7.00. The number of ether oxygens (including phenoxy) is 2. The number of aromatic nitrogens is 2. The Kier molecular flexibility index (Phi) is 10.8. The standard InChI is InChI=1S/C26H29F3N6O8S/c1-17-6-8-20(9-7-17)23-16-24(26(27,28)29)30-34(23)21-10-12-22(13-11-21)44(39,40)31-25(37)41-15-5-14-33(4)35(38)32-43-19(3)42-18(2)36/h6-13,16,19H,5,14-15H2,1-4H3,(H,31,37)/b35-32-. The van der Waals surface area contributed by atoms with E-state index in [9.17, 15) is 36.4 Å². The Hall–Kier alpha value is -4.87. The second-order valence-electron chi connectivity index (χ2n) is 9.28. The van der Waals surface area contributed by atoms with E-state index in [4.69, 9.17) is 9.57 Å². The zero-order chi connectivity index (χ0) is 32.7. The predicted octanol–water partition coefficient (Wildman–Crippen LogP) is 4.32. The number of hydrogen-bond donors (Lipinski definition) is 1. The summed E-state index contributed by atoms with van der Waals surface area (Å²) in [6.45, 7) is 4.08. The van der Waals surface area contributed by atoms with Crippen molar-refractivity contribution in [2.24, 2.45) is 5.28 Å². The summed E-state index contributed by atoms with van der Waals surface area (Å²) in [5.74, 6) is -0.627. The summed E-state index contributed by atoms with van der Waals surface area (Å²) in [6, 6.07) is 12.4. The lowest BCUT2D eigenvalue weighted by molar-refractivity contribution is -0.707.